The van der Waals surface area contributed by atoms with Gasteiger partial charge in [-0.05, 0) is 48.6 Å². The molecule has 5 N–H and O–H groups in total. The molecule has 3 heterocycles. The van der Waals surface area contributed by atoms with Gasteiger partial charge in [-0.3, -0.25) is 14.6 Å². The Balaban J connectivity index is 1.38. The predicted octanol–water partition coefficient (Wildman–Crippen LogP) is 2.40. The summed E-state index contributed by atoms with van der Waals surface area (Å²) in [7, 11) is 0. The molecule has 1 aliphatic carbocycles. The van der Waals surface area contributed by atoms with Crippen molar-refractivity contribution in [2.45, 2.75) is 51.0 Å². The van der Waals surface area contributed by atoms with Crippen molar-refractivity contribution in [1.29, 1.82) is 0 Å². The molecule has 3 aliphatic rings. The molecule has 37 heavy (non-hydrogen) atoms. The van der Waals surface area contributed by atoms with Crippen LogP contribution < -0.4 is 16.4 Å². The van der Waals surface area contributed by atoms with Gasteiger partial charge in [0.25, 0.3) is 0 Å². The molecule has 0 radical (unpaired) electrons. The molecule has 0 unspecified atom stereocenters. The topological polar surface area (TPSA) is 133 Å². The zero-order valence-corrected chi connectivity index (χ0v) is 21.2. The Morgan fingerprint density at radius 1 is 1.24 bits per heavy atom. The first-order valence-corrected chi connectivity index (χ1v) is 13.0. The van der Waals surface area contributed by atoms with E-state index in [0.29, 0.717) is 29.3 Å². The van der Waals surface area contributed by atoms with Gasteiger partial charge in [-0.15, -0.1) is 0 Å². The van der Waals surface area contributed by atoms with Crippen molar-refractivity contribution in [3.8, 4) is 0 Å². The Morgan fingerprint density at radius 3 is 2.84 bits per heavy atom. The van der Waals surface area contributed by atoms with Crippen molar-refractivity contribution >= 4 is 35.1 Å². The standard InChI is InChI=1S/C28H34N6O3/c1-2-9-34(10-11-35)26(36)19-12-18-3-4-21(15-24(18)33-25(29)14-19)28(6-7-28)27(37)32-22-13-20-16-30-8-5-23(20)31-17-22/h3-4,12-13,15,17,30,35H,2,5-11,14,16H2,1H3,(H2,29,33)(H,32,37). The number of hydrogen-bond donors (Lipinski definition) is 4. The number of hydrogen-bond acceptors (Lipinski definition) is 7. The van der Waals surface area contributed by atoms with Crippen LogP contribution in [-0.4, -0.2) is 58.9 Å². The van der Waals surface area contributed by atoms with Crippen LogP contribution in [-0.2, 0) is 28.0 Å². The molecule has 194 valence electrons. The minimum Gasteiger partial charge on any atom is -0.395 e. The van der Waals surface area contributed by atoms with E-state index < -0.39 is 5.41 Å². The fourth-order valence-electron chi connectivity index (χ4n) is 5.17. The van der Waals surface area contributed by atoms with Crippen LogP contribution in [0, 0.1) is 0 Å². The van der Waals surface area contributed by atoms with Gasteiger partial charge >= 0.3 is 0 Å². The quantitative estimate of drug-likeness (QED) is 0.438. The van der Waals surface area contributed by atoms with Gasteiger partial charge in [-0.25, -0.2) is 4.99 Å². The Labute approximate surface area is 216 Å². The molecule has 2 aliphatic heterocycles. The van der Waals surface area contributed by atoms with E-state index in [0.717, 1.165) is 61.2 Å². The van der Waals surface area contributed by atoms with Crippen LogP contribution in [0.25, 0.3) is 6.08 Å². The second-order valence-corrected chi connectivity index (χ2v) is 10.0. The molecule has 5 rings (SSSR count). The number of nitrogens with two attached hydrogens (primary N) is 1. The summed E-state index contributed by atoms with van der Waals surface area (Å²) in [5, 5.41) is 15.8. The highest BCUT2D eigenvalue weighted by molar-refractivity contribution is 6.06. The van der Waals surface area contributed by atoms with E-state index in [-0.39, 0.29) is 31.4 Å². The SMILES string of the molecule is CCCN(CCO)C(=O)C1=Cc2ccc(C3(C(=O)Nc4cnc5c(c4)CNCC5)CC3)cc2N=C(N)C1. The third-order valence-electron chi connectivity index (χ3n) is 7.33. The molecule has 2 aromatic rings. The molecule has 1 aromatic heterocycles. The van der Waals surface area contributed by atoms with Crippen molar-refractivity contribution in [1.82, 2.24) is 15.2 Å². The van der Waals surface area contributed by atoms with Gasteiger partial charge in [0.05, 0.1) is 29.6 Å². The van der Waals surface area contributed by atoms with E-state index in [1.165, 1.54) is 0 Å². The monoisotopic (exact) mass is 502 g/mol. The number of nitrogens with one attached hydrogen (secondary N) is 2. The fourth-order valence-corrected chi connectivity index (χ4v) is 5.17. The highest BCUT2D eigenvalue weighted by atomic mass is 16.3. The highest BCUT2D eigenvalue weighted by Crippen LogP contribution is 2.50. The summed E-state index contributed by atoms with van der Waals surface area (Å²) in [6.07, 6.45) is 7.00. The molecule has 1 aromatic carbocycles. The van der Waals surface area contributed by atoms with Gasteiger partial charge in [0.15, 0.2) is 0 Å². The summed E-state index contributed by atoms with van der Waals surface area (Å²) in [6.45, 7) is 4.43. The number of pyridine rings is 1. The predicted molar refractivity (Wildman–Crippen MR) is 143 cm³/mol. The number of aliphatic hydroxyl groups is 1. The molecule has 0 saturated heterocycles. The lowest BCUT2D eigenvalue weighted by molar-refractivity contribution is -0.127. The summed E-state index contributed by atoms with van der Waals surface area (Å²) in [5.74, 6) is 0.158. The summed E-state index contributed by atoms with van der Waals surface area (Å²) >= 11 is 0. The molecule has 9 heteroatoms. The summed E-state index contributed by atoms with van der Waals surface area (Å²) in [4.78, 5) is 37.3. The van der Waals surface area contributed by atoms with Crippen molar-refractivity contribution in [2.75, 3.05) is 31.6 Å². The number of aliphatic imine (C=N–C) groups is 1. The maximum Gasteiger partial charge on any atom is 0.250 e. The van der Waals surface area contributed by atoms with E-state index in [1.54, 1.807) is 11.1 Å². The number of fused-ring (bicyclic) bond motifs is 2. The lowest BCUT2D eigenvalue weighted by Crippen LogP contribution is -2.36. The van der Waals surface area contributed by atoms with E-state index in [2.05, 4.69) is 20.6 Å². The van der Waals surface area contributed by atoms with Gasteiger partial charge in [-0.2, -0.15) is 0 Å². The third kappa shape index (κ3) is 5.14. The minimum atomic E-state index is -0.610. The maximum absolute atomic E-state index is 13.4. The number of anilines is 1. The Bertz CT molecular complexity index is 1270. The van der Waals surface area contributed by atoms with Crippen molar-refractivity contribution in [2.24, 2.45) is 10.7 Å². The van der Waals surface area contributed by atoms with Crippen LogP contribution in [0.3, 0.4) is 0 Å². The fraction of sp³-hybridized carbons (Fsp3) is 0.429. The molecule has 9 nitrogen and oxygen atoms in total. The maximum atomic E-state index is 13.4. The highest BCUT2D eigenvalue weighted by Gasteiger charge is 2.51. The molecule has 2 amide bonds. The van der Waals surface area contributed by atoms with Crippen molar-refractivity contribution < 1.29 is 14.7 Å². The van der Waals surface area contributed by atoms with Gasteiger partial charge in [-0.1, -0.05) is 19.1 Å². The van der Waals surface area contributed by atoms with Crippen LogP contribution >= 0.6 is 0 Å². The number of carbonyl (C=O) groups excluding carboxylic acids is 2. The number of nitrogens with zero attached hydrogens (tertiary/aromatic N) is 3. The van der Waals surface area contributed by atoms with E-state index in [9.17, 15) is 14.7 Å². The zero-order chi connectivity index (χ0) is 26.0. The first-order valence-electron chi connectivity index (χ1n) is 13.0. The first-order chi connectivity index (χ1) is 17.9. The minimum absolute atomic E-state index is 0.0471. The van der Waals surface area contributed by atoms with Crippen LogP contribution in [0.2, 0.25) is 0 Å². The van der Waals surface area contributed by atoms with Gasteiger partial charge in [0.1, 0.15) is 5.84 Å². The molecular formula is C28H34N6O3. The van der Waals surface area contributed by atoms with Gasteiger partial charge in [0.2, 0.25) is 11.8 Å². The Hall–Kier alpha value is -3.56. The zero-order valence-electron chi connectivity index (χ0n) is 21.2. The average Bonchev–Trinajstić information content (AvgIpc) is 3.72. The molecule has 0 spiro atoms. The number of carbonyl (C=O) groups is 2. The van der Waals surface area contributed by atoms with Crippen LogP contribution in [0.15, 0.2) is 41.0 Å². The molecule has 0 atom stereocenters. The van der Waals surface area contributed by atoms with E-state index in [1.807, 2.05) is 37.3 Å². The molecule has 1 fully saturated rings. The van der Waals surface area contributed by atoms with Crippen molar-refractivity contribution in [3.05, 3.63) is 58.4 Å². The number of amides is 2. The lowest BCUT2D eigenvalue weighted by atomic mass is 9.92. The average molecular weight is 503 g/mol. The van der Waals surface area contributed by atoms with Crippen LogP contribution in [0.1, 0.15) is 55.0 Å². The number of aliphatic hydroxyl groups excluding tert-OH is 1. The molecule has 0 bridgehead atoms. The first kappa shape index (κ1) is 25.1. The normalized spacial score (nSPS) is 17.5. The van der Waals surface area contributed by atoms with Crippen LogP contribution in [0.4, 0.5) is 11.4 Å². The summed E-state index contributed by atoms with van der Waals surface area (Å²) in [6, 6.07) is 7.79. The second-order valence-electron chi connectivity index (χ2n) is 10.0. The third-order valence-corrected chi connectivity index (χ3v) is 7.33. The van der Waals surface area contributed by atoms with Crippen LogP contribution in [0.5, 0.6) is 0 Å². The van der Waals surface area contributed by atoms with E-state index >= 15 is 0 Å². The smallest absolute Gasteiger partial charge is 0.250 e. The van der Waals surface area contributed by atoms with Gasteiger partial charge < -0.3 is 26.4 Å². The summed E-state index contributed by atoms with van der Waals surface area (Å²) < 4.78 is 0. The number of aromatic nitrogens is 1. The second kappa shape index (κ2) is 10.4. The molecule has 1 saturated carbocycles. The van der Waals surface area contributed by atoms with Crippen molar-refractivity contribution in [3.63, 3.8) is 0 Å². The lowest BCUT2D eigenvalue weighted by Gasteiger charge is -2.22. The largest absolute Gasteiger partial charge is 0.395 e. The Morgan fingerprint density at radius 2 is 2.08 bits per heavy atom. The summed E-state index contributed by atoms with van der Waals surface area (Å²) in [5.41, 5.74) is 11.4. The number of benzene rings is 1. The van der Waals surface area contributed by atoms with Gasteiger partial charge in [0, 0.05) is 55.9 Å². The Kier molecular flexibility index (Phi) is 7.08. The molecular weight excluding hydrogens is 468 g/mol. The number of rotatable bonds is 8. The van der Waals surface area contributed by atoms with E-state index in [4.69, 9.17) is 5.73 Å². The number of amidine groups is 1.